The van der Waals surface area contributed by atoms with Crippen LogP contribution in [0.5, 0.6) is 11.5 Å². The van der Waals surface area contributed by atoms with Crippen molar-refractivity contribution in [3.05, 3.63) is 124 Å². The smallest absolute Gasteiger partial charge is 0.272 e. The lowest BCUT2D eigenvalue weighted by atomic mass is 9.96. The van der Waals surface area contributed by atoms with E-state index in [2.05, 4.69) is 20.1 Å². The molecule has 0 spiro atoms. The average Bonchev–Trinajstić information content (AvgIpc) is 3.08. The summed E-state index contributed by atoms with van der Waals surface area (Å²) < 4.78 is 26.9. The van der Waals surface area contributed by atoms with E-state index < -0.39 is 5.82 Å². The Kier molecular flexibility index (Phi) is 8.33. The molecule has 1 saturated carbocycles. The lowest BCUT2D eigenvalue weighted by Gasteiger charge is -2.35. The fourth-order valence-electron chi connectivity index (χ4n) is 5.82. The highest BCUT2D eigenvalue weighted by atomic mass is 19.1. The second-order valence-electron chi connectivity index (χ2n) is 11.8. The first-order chi connectivity index (χ1) is 22.5. The van der Waals surface area contributed by atoms with E-state index in [0.717, 1.165) is 30.6 Å². The highest BCUT2D eigenvalue weighted by Gasteiger charge is 2.25. The number of carbonyl (C=O) groups excluding carboxylic acids is 1. The van der Waals surface area contributed by atoms with Gasteiger partial charge < -0.3 is 19.3 Å². The number of nitrogens with zero attached hydrogens (tertiary/aromatic N) is 4. The van der Waals surface area contributed by atoms with Gasteiger partial charge in [-0.1, -0.05) is 36.4 Å². The van der Waals surface area contributed by atoms with Crippen LogP contribution >= 0.6 is 0 Å². The van der Waals surface area contributed by atoms with Crippen molar-refractivity contribution in [1.29, 1.82) is 0 Å². The summed E-state index contributed by atoms with van der Waals surface area (Å²) in [4.78, 5) is 34.3. The number of pyridine rings is 1. The van der Waals surface area contributed by atoms with Crippen molar-refractivity contribution in [3.8, 4) is 11.5 Å². The summed E-state index contributed by atoms with van der Waals surface area (Å²) in [6.07, 6.45) is 5.42. The van der Waals surface area contributed by atoms with E-state index in [0.29, 0.717) is 72.7 Å². The molecule has 1 saturated heterocycles. The molecular weight excluding hydrogens is 585 g/mol. The van der Waals surface area contributed by atoms with Crippen LogP contribution in [0, 0.1) is 5.82 Å². The molecule has 1 aliphatic heterocycles. The Hall–Kier alpha value is -5.25. The lowest BCUT2D eigenvalue weighted by Crippen LogP contribution is -2.49. The molecule has 3 aromatic carbocycles. The minimum absolute atomic E-state index is 0.0201. The van der Waals surface area contributed by atoms with E-state index in [1.807, 2.05) is 48.5 Å². The molecule has 46 heavy (non-hydrogen) atoms. The van der Waals surface area contributed by atoms with Crippen molar-refractivity contribution in [2.45, 2.75) is 38.4 Å². The number of halogens is 1. The molecule has 5 aromatic rings. The number of hydrogen-bond acceptors (Lipinski definition) is 7. The molecular formula is C36H34FN5O4. The maximum Gasteiger partial charge on any atom is 0.272 e. The molecule has 0 atom stereocenters. The lowest BCUT2D eigenvalue weighted by molar-refractivity contribution is 0.0741. The van der Waals surface area contributed by atoms with E-state index >= 15 is 4.39 Å². The molecule has 234 valence electrons. The van der Waals surface area contributed by atoms with Gasteiger partial charge in [0, 0.05) is 38.0 Å². The normalized spacial score (nSPS) is 15.1. The summed E-state index contributed by atoms with van der Waals surface area (Å²) >= 11 is 0. The van der Waals surface area contributed by atoms with Gasteiger partial charge in [-0.2, -0.15) is 5.10 Å². The number of piperazine rings is 1. The van der Waals surface area contributed by atoms with Crippen molar-refractivity contribution in [2.75, 3.05) is 31.1 Å². The van der Waals surface area contributed by atoms with Crippen LogP contribution < -0.4 is 19.9 Å². The highest BCUT2D eigenvalue weighted by molar-refractivity contribution is 5.95. The molecule has 0 bridgehead atoms. The number of carbonyl (C=O) groups is 1. The Morgan fingerprint density at radius 3 is 2.43 bits per heavy atom. The minimum Gasteiger partial charge on any atom is -0.490 e. The Labute approximate surface area is 265 Å². The number of benzene rings is 3. The fourth-order valence-corrected chi connectivity index (χ4v) is 5.82. The number of amides is 1. The number of aromatic nitrogens is 3. The molecule has 10 heteroatoms. The van der Waals surface area contributed by atoms with E-state index in [4.69, 9.17) is 9.47 Å². The molecule has 1 amide bonds. The third-order valence-electron chi connectivity index (χ3n) is 8.69. The summed E-state index contributed by atoms with van der Waals surface area (Å²) in [7, 11) is 0. The van der Waals surface area contributed by atoms with Gasteiger partial charge in [0.25, 0.3) is 11.5 Å². The Bertz CT molecular complexity index is 1900. The van der Waals surface area contributed by atoms with Crippen molar-refractivity contribution >= 4 is 22.5 Å². The van der Waals surface area contributed by atoms with E-state index in [9.17, 15) is 9.59 Å². The molecule has 9 nitrogen and oxygen atoms in total. The number of anilines is 1. The molecule has 2 fully saturated rings. The SMILES string of the molecule is O=C(c1cc(Cc2n[nH]c(=O)c3ccc(OC4CCC4)cc23)ccc1F)N1CCN(c2ccc(OCc3ccccc3)cn2)CC1. The van der Waals surface area contributed by atoms with Crippen LogP contribution in [0.1, 0.15) is 46.4 Å². The summed E-state index contributed by atoms with van der Waals surface area (Å²) in [6.45, 7) is 2.49. The zero-order valence-electron chi connectivity index (χ0n) is 25.3. The van der Waals surface area contributed by atoms with Gasteiger partial charge in [-0.25, -0.2) is 14.5 Å². The van der Waals surface area contributed by atoms with Gasteiger partial charge >= 0.3 is 0 Å². The largest absolute Gasteiger partial charge is 0.490 e. The molecule has 1 aliphatic carbocycles. The highest BCUT2D eigenvalue weighted by Crippen LogP contribution is 2.28. The fraction of sp³-hybridized carbons (Fsp3) is 0.278. The number of ether oxygens (including phenoxy) is 2. The molecule has 0 unspecified atom stereocenters. The second-order valence-corrected chi connectivity index (χ2v) is 11.8. The summed E-state index contributed by atoms with van der Waals surface area (Å²) in [5.74, 6) is 1.26. The predicted molar refractivity (Wildman–Crippen MR) is 173 cm³/mol. The molecule has 2 aliphatic rings. The van der Waals surface area contributed by atoms with Crippen LogP contribution in [0.4, 0.5) is 10.2 Å². The number of aromatic amines is 1. The Morgan fingerprint density at radius 1 is 0.891 bits per heavy atom. The molecule has 0 radical (unpaired) electrons. The predicted octanol–water partition coefficient (Wildman–Crippen LogP) is 5.52. The topological polar surface area (TPSA) is 101 Å². The van der Waals surface area contributed by atoms with Gasteiger partial charge in [0.2, 0.25) is 0 Å². The van der Waals surface area contributed by atoms with Gasteiger partial charge in [-0.3, -0.25) is 9.59 Å². The van der Waals surface area contributed by atoms with Crippen LogP contribution in [0.15, 0.2) is 89.9 Å². The van der Waals surface area contributed by atoms with E-state index in [-0.39, 0.29) is 23.1 Å². The van der Waals surface area contributed by atoms with E-state index in [1.54, 1.807) is 35.4 Å². The van der Waals surface area contributed by atoms with E-state index in [1.165, 1.54) is 6.07 Å². The number of nitrogens with one attached hydrogen (secondary N) is 1. The summed E-state index contributed by atoms with van der Waals surface area (Å²) in [6, 6.07) is 23.7. The van der Waals surface area contributed by atoms with Crippen molar-refractivity contribution in [2.24, 2.45) is 0 Å². The maximum atomic E-state index is 15.0. The molecule has 1 N–H and O–H groups in total. The van der Waals surface area contributed by atoms with Gasteiger partial charge in [0.05, 0.1) is 28.9 Å². The summed E-state index contributed by atoms with van der Waals surface area (Å²) in [5.41, 5.74) is 2.15. The van der Waals surface area contributed by atoms with Crippen molar-refractivity contribution < 1.29 is 18.7 Å². The minimum atomic E-state index is -0.570. The molecule has 3 heterocycles. The van der Waals surface area contributed by atoms with Crippen molar-refractivity contribution in [3.63, 3.8) is 0 Å². The first-order valence-corrected chi connectivity index (χ1v) is 15.6. The molecule has 2 aromatic heterocycles. The third-order valence-corrected chi connectivity index (χ3v) is 8.69. The Balaban J connectivity index is 1.00. The quantitative estimate of drug-likeness (QED) is 0.232. The summed E-state index contributed by atoms with van der Waals surface area (Å²) in [5, 5.41) is 8.06. The third kappa shape index (κ3) is 6.42. The number of rotatable bonds is 9. The van der Waals surface area contributed by atoms with Crippen LogP contribution in [0.2, 0.25) is 0 Å². The van der Waals surface area contributed by atoms with Crippen LogP contribution in [-0.4, -0.2) is 58.3 Å². The van der Waals surface area contributed by atoms with Gasteiger partial charge in [-0.05, 0) is 72.9 Å². The zero-order valence-corrected chi connectivity index (χ0v) is 25.3. The first kappa shape index (κ1) is 29.5. The number of fused-ring (bicyclic) bond motifs is 1. The second kappa shape index (κ2) is 13.0. The monoisotopic (exact) mass is 619 g/mol. The number of H-pyrrole nitrogens is 1. The van der Waals surface area contributed by atoms with Crippen molar-refractivity contribution in [1.82, 2.24) is 20.1 Å². The van der Waals surface area contributed by atoms with Crippen LogP contribution in [-0.2, 0) is 13.0 Å². The molecule has 7 rings (SSSR count). The maximum absolute atomic E-state index is 15.0. The zero-order chi connectivity index (χ0) is 31.5. The average molecular weight is 620 g/mol. The van der Waals surface area contributed by atoms with Crippen LogP contribution in [0.25, 0.3) is 10.8 Å². The standard InChI is InChI=1S/C36H34FN5O4/c37-32-13-9-25(20-33-30-21-27(46-26-7-4-8-26)10-12-29(30)35(43)40-39-33)19-31(32)36(44)42-17-15-41(16-18-42)34-14-11-28(22-38-34)45-23-24-5-2-1-3-6-24/h1-3,5-6,9-14,19,21-22,26H,4,7-8,15-18,20,23H2,(H,40,43). The number of hydrogen-bond donors (Lipinski definition) is 1. The van der Waals surface area contributed by atoms with Gasteiger partial charge in [0.1, 0.15) is 29.7 Å². The first-order valence-electron chi connectivity index (χ1n) is 15.6. The Morgan fingerprint density at radius 2 is 1.70 bits per heavy atom. The van der Waals surface area contributed by atoms with Crippen LogP contribution in [0.3, 0.4) is 0 Å². The van der Waals surface area contributed by atoms with Gasteiger partial charge in [0.15, 0.2) is 0 Å². The van der Waals surface area contributed by atoms with Gasteiger partial charge in [-0.15, -0.1) is 0 Å².